The zero-order valence-electron chi connectivity index (χ0n) is 17.2. The second kappa shape index (κ2) is 6.75. The van der Waals surface area contributed by atoms with Gasteiger partial charge in [0.25, 0.3) is 0 Å². The fourth-order valence-corrected chi connectivity index (χ4v) is 5.77. The molecule has 0 saturated heterocycles. The number of allylic oxidation sites excluding steroid dienone is 1. The van der Waals surface area contributed by atoms with Crippen molar-refractivity contribution in [2.24, 2.45) is 0 Å². The largest absolute Gasteiger partial charge is 0.280 e. The Morgan fingerprint density at radius 3 is 2.06 bits per heavy atom. The number of nitrogens with zero attached hydrogens (tertiary/aromatic N) is 3. The molecule has 0 aliphatic heterocycles. The summed E-state index contributed by atoms with van der Waals surface area (Å²) in [6, 6.07) is 25.5. The van der Waals surface area contributed by atoms with Gasteiger partial charge in [-0.2, -0.15) is 0 Å². The van der Waals surface area contributed by atoms with Gasteiger partial charge in [-0.25, -0.2) is 9.97 Å². The fraction of sp³-hybridized carbons (Fsp3) is 0.0714. The molecule has 3 nitrogen and oxygen atoms in total. The van der Waals surface area contributed by atoms with E-state index >= 15 is 0 Å². The lowest BCUT2D eigenvalue weighted by atomic mass is 9.95. The first-order chi connectivity index (χ1) is 15.8. The summed E-state index contributed by atoms with van der Waals surface area (Å²) in [7, 11) is 0. The van der Waals surface area contributed by atoms with E-state index in [1.807, 2.05) is 0 Å². The Balaban J connectivity index is 1.77. The van der Waals surface area contributed by atoms with Gasteiger partial charge in [-0.15, -0.1) is 0 Å². The zero-order chi connectivity index (χ0) is 21.2. The summed E-state index contributed by atoms with van der Waals surface area (Å²) < 4.78 is 3.43. The van der Waals surface area contributed by atoms with Crippen LogP contribution in [-0.4, -0.2) is 14.4 Å². The normalized spacial score (nSPS) is 13.4. The predicted molar refractivity (Wildman–Crippen MR) is 136 cm³/mol. The van der Waals surface area contributed by atoms with Gasteiger partial charge in [0.2, 0.25) is 0 Å². The van der Waals surface area contributed by atoms with Gasteiger partial charge in [-0.3, -0.25) is 4.40 Å². The highest BCUT2D eigenvalue weighted by atomic mass is 79.9. The third-order valence-corrected chi connectivity index (χ3v) is 7.35. The van der Waals surface area contributed by atoms with Gasteiger partial charge in [0.05, 0.1) is 16.9 Å². The van der Waals surface area contributed by atoms with Crippen LogP contribution in [0.5, 0.6) is 0 Å². The average Bonchev–Trinajstić information content (AvgIpc) is 3.24. The minimum atomic E-state index is 0.961. The van der Waals surface area contributed by atoms with Crippen LogP contribution in [0, 0.1) is 0 Å². The third-order valence-electron chi connectivity index (χ3n) is 6.50. The molecule has 0 radical (unpaired) electrons. The van der Waals surface area contributed by atoms with Crippen molar-refractivity contribution in [3.05, 3.63) is 94.7 Å². The molecule has 4 heteroatoms. The summed E-state index contributed by atoms with van der Waals surface area (Å²) in [6.45, 7) is 0. The lowest BCUT2D eigenvalue weighted by molar-refractivity contribution is 0.904. The van der Waals surface area contributed by atoms with E-state index in [1.165, 1.54) is 27.2 Å². The van der Waals surface area contributed by atoms with E-state index in [-0.39, 0.29) is 0 Å². The molecule has 6 aromatic rings. The quantitative estimate of drug-likeness (QED) is 0.229. The van der Waals surface area contributed by atoms with Crippen molar-refractivity contribution in [2.75, 3.05) is 0 Å². The molecule has 0 amide bonds. The van der Waals surface area contributed by atoms with Crippen LogP contribution in [0.2, 0.25) is 0 Å². The molecule has 0 fully saturated rings. The van der Waals surface area contributed by atoms with Crippen molar-refractivity contribution < 1.29 is 0 Å². The van der Waals surface area contributed by atoms with Gasteiger partial charge in [0.1, 0.15) is 11.5 Å². The molecule has 0 unspecified atom stereocenters. The maximum Gasteiger partial charge on any atom is 0.148 e. The molecule has 2 aromatic heterocycles. The molecule has 1 aliphatic carbocycles. The first-order valence-electron chi connectivity index (χ1n) is 10.9. The Kier molecular flexibility index (Phi) is 3.82. The number of aryl methyl sites for hydroxylation is 1. The Morgan fingerprint density at radius 2 is 1.34 bits per heavy atom. The number of rotatable bonds is 1. The summed E-state index contributed by atoms with van der Waals surface area (Å²) in [4.78, 5) is 10.3. The van der Waals surface area contributed by atoms with E-state index in [2.05, 4.69) is 105 Å². The number of benzene rings is 4. The second-order valence-corrected chi connectivity index (χ2v) is 9.07. The number of para-hydroxylation sites is 1. The summed E-state index contributed by atoms with van der Waals surface area (Å²) >= 11 is 3.88. The maximum atomic E-state index is 5.27. The van der Waals surface area contributed by atoms with E-state index in [1.54, 1.807) is 0 Å². The van der Waals surface area contributed by atoms with Crippen molar-refractivity contribution in [1.82, 2.24) is 14.4 Å². The number of hydrogen-bond acceptors (Lipinski definition) is 2. The molecule has 152 valence electrons. The molecule has 4 aromatic carbocycles. The van der Waals surface area contributed by atoms with Crippen LogP contribution in [0.25, 0.3) is 55.6 Å². The minimum Gasteiger partial charge on any atom is -0.280 e. The molecular formula is C28H18BrN3. The smallest absolute Gasteiger partial charge is 0.148 e. The average molecular weight is 476 g/mol. The van der Waals surface area contributed by atoms with E-state index < -0.39 is 0 Å². The maximum absolute atomic E-state index is 5.27. The van der Waals surface area contributed by atoms with Crippen molar-refractivity contribution in [1.29, 1.82) is 0 Å². The fourth-order valence-electron chi connectivity index (χ4n) is 5.08. The molecular weight excluding hydrogens is 458 g/mol. The van der Waals surface area contributed by atoms with Crippen molar-refractivity contribution in [2.45, 2.75) is 12.8 Å². The predicted octanol–water partition coefficient (Wildman–Crippen LogP) is 7.58. The number of fused-ring (bicyclic) bond motifs is 7. The van der Waals surface area contributed by atoms with Crippen LogP contribution in [0.3, 0.4) is 0 Å². The van der Waals surface area contributed by atoms with Gasteiger partial charge < -0.3 is 0 Å². The highest BCUT2D eigenvalue weighted by Crippen LogP contribution is 2.42. The van der Waals surface area contributed by atoms with E-state index in [0.717, 1.165) is 50.9 Å². The molecule has 2 heterocycles. The lowest BCUT2D eigenvalue weighted by Gasteiger charge is -2.17. The van der Waals surface area contributed by atoms with E-state index in [9.17, 15) is 0 Å². The number of imidazole rings is 1. The lowest BCUT2D eigenvalue weighted by Crippen LogP contribution is -2.04. The highest BCUT2D eigenvalue weighted by Gasteiger charge is 2.23. The van der Waals surface area contributed by atoms with Crippen LogP contribution >= 0.6 is 15.9 Å². The monoisotopic (exact) mass is 475 g/mol. The summed E-state index contributed by atoms with van der Waals surface area (Å²) in [5, 5.41) is 5.85. The Hall–Kier alpha value is -3.50. The summed E-state index contributed by atoms with van der Waals surface area (Å²) in [6.07, 6.45) is 6.36. The van der Waals surface area contributed by atoms with E-state index in [0.29, 0.717) is 0 Å². The zero-order valence-corrected chi connectivity index (χ0v) is 18.8. The van der Waals surface area contributed by atoms with Gasteiger partial charge >= 0.3 is 0 Å². The molecule has 0 N–H and O–H groups in total. The molecule has 0 spiro atoms. The van der Waals surface area contributed by atoms with Crippen LogP contribution in [0.4, 0.5) is 0 Å². The molecule has 0 atom stereocenters. The standard InChI is InChI=1S/C28H18BrN3/c29-26-19-11-3-1-9-17(19)25(18-10-2-4-12-20(18)26)28-30-22-14-6-5-13-21(22)27-31-23-15-7-8-16-24(23)32(27)28/h1-7,9-15H,8,16H2. The van der Waals surface area contributed by atoms with Gasteiger partial charge in [-0.05, 0) is 68.5 Å². The molecule has 0 bridgehead atoms. The number of halogens is 1. The first-order valence-corrected chi connectivity index (χ1v) is 11.7. The van der Waals surface area contributed by atoms with Crippen LogP contribution in [-0.2, 0) is 6.42 Å². The second-order valence-electron chi connectivity index (χ2n) is 8.28. The Morgan fingerprint density at radius 1 is 0.719 bits per heavy atom. The molecule has 32 heavy (non-hydrogen) atoms. The highest BCUT2D eigenvalue weighted by molar-refractivity contribution is 9.10. The summed E-state index contributed by atoms with van der Waals surface area (Å²) in [5.74, 6) is 0.961. The van der Waals surface area contributed by atoms with Crippen LogP contribution < -0.4 is 0 Å². The van der Waals surface area contributed by atoms with Gasteiger partial charge in [-0.1, -0.05) is 66.7 Å². The van der Waals surface area contributed by atoms with Crippen molar-refractivity contribution >= 4 is 60.1 Å². The topological polar surface area (TPSA) is 30.2 Å². The van der Waals surface area contributed by atoms with Gasteiger partial charge in [0.15, 0.2) is 0 Å². The van der Waals surface area contributed by atoms with E-state index in [4.69, 9.17) is 9.97 Å². The minimum absolute atomic E-state index is 0.961. The Labute approximate surface area is 193 Å². The van der Waals surface area contributed by atoms with Crippen molar-refractivity contribution in [3.8, 4) is 11.4 Å². The van der Waals surface area contributed by atoms with Crippen LogP contribution in [0.1, 0.15) is 17.8 Å². The van der Waals surface area contributed by atoms with Crippen molar-refractivity contribution in [3.63, 3.8) is 0 Å². The molecule has 7 rings (SSSR count). The van der Waals surface area contributed by atoms with Crippen LogP contribution in [0.15, 0.2) is 83.3 Å². The third kappa shape index (κ3) is 2.41. The molecule has 1 aliphatic rings. The summed E-state index contributed by atoms with van der Waals surface area (Å²) in [5.41, 5.74) is 5.41. The molecule has 0 saturated carbocycles. The SMILES string of the molecule is Brc1c2ccccc2c(-c2nc3ccccc3c3nc4c(n23)CCC=C4)c2ccccc12. The Bertz CT molecular complexity index is 1690. The number of aromatic nitrogens is 3. The number of hydrogen-bond donors (Lipinski definition) is 0. The first kappa shape index (κ1) is 18.1. The van der Waals surface area contributed by atoms with Gasteiger partial charge in [0, 0.05) is 15.4 Å².